The van der Waals surface area contributed by atoms with E-state index in [9.17, 15) is 38.0 Å². The van der Waals surface area contributed by atoms with Gasteiger partial charge in [-0.3, -0.25) is 28.8 Å². The van der Waals surface area contributed by atoms with Gasteiger partial charge in [0.1, 0.15) is 48.7 Å². The number of benzene rings is 1. The highest BCUT2D eigenvalue weighted by molar-refractivity contribution is 5.98. The number of halogens is 1. The van der Waals surface area contributed by atoms with Crippen LogP contribution in [0.25, 0.3) is 0 Å². The minimum Gasteiger partial charge on any atom is -0.461 e. The molecule has 284 valence electrons. The molecular weight excluding hydrogens is 675 g/mol. The first-order valence-electron chi connectivity index (χ1n) is 18.2. The predicted octanol–water partition coefficient (Wildman–Crippen LogP) is 1.36. The van der Waals surface area contributed by atoms with Gasteiger partial charge in [0.25, 0.3) is 0 Å². The number of carbonyl (C=O) groups is 7. The Morgan fingerprint density at radius 2 is 1.65 bits per heavy atom. The number of nitrogens with one attached hydrogen (secondary N) is 3. The minimum absolute atomic E-state index is 0.150. The molecule has 0 aliphatic carbocycles. The molecule has 14 nitrogen and oxygen atoms in total. The van der Waals surface area contributed by atoms with Crippen molar-refractivity contribution >= 4 is 41.4 Å². The summed E-state index contributed by atoms with van der Waals surface area (Å²) in [4.78, 5) is 98.6. The lowest BCUT2D eigenvalue weighted by molar-refractivity contribution is -0.158. The first-order valence-corrected chi connectivity index (χ1v) is 18.2. The number of carbonyl (C=O) groups excluding carboxylic acids is 7. The van der Waals surface area contributed by atoms with Crippen LogP contribution >= 0.6 is 0 Å². The average Bonchev–Trinajstić information content (AvgIpc) is 3.82. The van der Waals surface area contributed by atoms with E-state index in [0.717, 1.165) is 19.3 Å². The molecule has 6 atom stereocenters. The van der Waals surface area contributed by atoms with Crippen molar-refractivity contribution < 1.29 is 42.7 Å². The van der Waals surface area contributed by atoms with Gasteiger partial charge in [-0.15, -0.1) is 0 Å². The van der Waals surface area contributed by atoms with Crippen molar-refractivity contribution in [1.29, 1.82) is 0 Å². The average molecular weight is 727 g/mol. The maximum absolute atomic E-state index is 14.8. The SMILES string of the molecule is CCCCC/C=C/C(=O)N[C@@H](Cc1ccccc1F)C(=O)N[C@H]1COC(=O)[C@@H]2CCCN2C(=O)[C@H](C)NC(=O)[C@H](C)N(C)C(=O)[C@@H]2CCCN2C1=O. The third kappa shape index (κ3) is 9.94. The van der Waals surface area contributed by atoms with Gasteiger partial charge in [-0.1, -0.05) is 44.0 Å². The molecule has 0 bridgehead atoms. The third-order valence-electron chi connectivity index (χ3n) is 9.93. The monoisotopic (exact) mass is 726 g/mol. The smallest absolute Gasteiger partial charge is 0.328 e. The maximum Gasteiger partial charge on any atom is 0.328 e. The van der Waals surface area contributed by atoms with Gasteiger partial charge in [-0.05, 0) is 70.1 Å². The Morgan fingerprint density at radius 3 is 2.35 bits per heavy atom. The van der Waals surface area contributed by atoms with Gasteiger partial charge in [-0.25, -0.2) is 9.18 Å². The zero-order valence-electron chi connectivity index (χ0n) is 30.4. The Hall–Kier alpha value is -4.82. The van der Waals surface area contributed by atoms with Crippen LogP contribution in [0.4, 0.5) is 4.39 Å². The number of nitrogens with zero attached hydrogens (tertiary/aromatic N) is 3. The summed E-state index contributed by atoms with van der Waals surface area (Å²) < 4.78 is 20.4. The fourth-order valence-electron chi connectivity index (χ4n) is 6.73. The molecule has 3 N–H and O–H groups in total. The number of cyclic esters (lactones) is 1. The summed E-state index contributed by atoms with van der Waals surface area (Å²) in [6.45, 7) is 4.84. The molecule has 3 aliphatic heterocycles. The van der Waals surface area contributed by atoms with Crippen LogP contribution in [-0.4, -0.2) is 119 Å². The van der Waals surface area contributed by atoms with E-state index in [0.29, 0.717) is 25.7 Å². The largest absolute Gasteiger partial charge is 0.461 e. The lowest BCUT2D eigenvalue weighted by atomic mass is 10.0. The lowest BCUT2D eigenvalue weighted by Crippen LogP contribution is -2.60. The molecule has 0 aromatic heterocycles. The van der Waals surface area contributed by atoms with Gasteiger partial charge < -0.3 is 35.4 Å². The molecule has 52 heavy (non-hydrogen) atoms. The molecule has 1 aromatic carbocycles. The summed E-state index contributed by atoms with van der Waals surface area (Å²) in [7, 11) is 1.44. The molecule has 6 amide bonds. The van der Waals surface area contributed by atoms with Crippen LogP contribution in [0.15, 0.2) is 36.4 Å². The predicted molar refractivity (Wildman–Crippen MR) is 188 cm³/mol. The lowest BCUT2D eigenvalue weighted by Gasteiger charge is -2.34. The molecule has 4 rings (SSSR count). The number of unbranched alkanes of at least 4 members (excludes halogenated alkanes) is 3. The first kappa shape index (κ1) is 40.0. The third-order valence-corrected chi connectivity index (χ3v) is 9.93. The molecule has 0 unspecified atom stereocenters. The summed E-state index contributed by atoms with van der Waals surface area (Å²) in [5.74, 6) is -5.13. The minimum atomic E-state index is -1.50. The summed E-state index contributed by atoms with van der Waals surface area (Å²) in [5, 5.41) is 7.87. The molecule has 0 spiro atoms. The summed E-state index contributed by atoms with van der Waals surface area (Å²) >= 11 is 0. The van der Waals surface area contributed by atoms with Crippen molar-refractivity contribution in [2.45, 2.75) is 115 Å². The van der Waals surface area contributed by atoms with Crippen molar-refractivity contribution in [3.63, 3.8) is 0 Å². The number of hydrogen-bond acceptors (Lipinski definition) is 8. The van der Waals surface area contributed by atoms with E-state index in [4.69, 9.17) is 4.74 Å². The second-order valence-electron chi connectivity index (χ2n) is 13.7. The van der Waals surface area contributed by atoms with Crippen LogP contribution in [0.1, 0.15) is 77.7 Å². The number of hydrogen-bond donors (Lipinski definition) is 3. The molecule has 15 heteroatoms. The van der Waals surface area contributed by atoms with Crippen molar-refractivity contribution in [3.05, 3.63) is 47.8 Å². The number of rotatable bonds is 10. The highest BCUT2D eigenvalue weighted by Crippen LogP contribution is 2.23. The summed E-state index contributed by atoms with van der Waals surface area (Å²) in [6.07, 6.45) is 7.83. The number of allylic oxidation sites excluding steroid dienone is 1. The molecule has 0 saturated carbocycles. The molecular formula is C37H51FN6O8. The molecule has 3 fully saturated rings. The van der Waals surface area contributed by atoms with E-state index >= 15 is 0 Å². The topological polar surface area (TPSA) is 175 Å². The maximum atomic E-state index is 14.8. The summed E-state index contributed by atoms with van der Waals surface area (Å²) in [6, 6.07) is -0.985. The standard InChI is InChI=1S/C37H51FN6O8/c1-5-6-7-8-9-18-31(45)40-27(21-25-14-10-11-15-26(25)38)33(47)41-28-22-52-37(51)30-17-13-20-44(30)34(48)23(2)39-32(46)24(3)42(4)36(50)29-16-12-19-43(29)35(28)49/h9-11,14-15,18,23-24,27-30H,5-8,12-13,16-17,19-22H2,1-4H3,(H,39,46)(H,40,45)(H,41,47)/b18-9+/t23-,24-,27-,28-,29-,30-/m0/s1. The second kappa shape index (κ2) is 18.6. The zero-order chi connectivity index (χ0) is 37.9. The second-order valence-corrected chi connectivity index (χ2v) is 13.7. The van der Waals surface area contributed by atoms with Crippen molar-refractivity contribution in [2.24, 2.45) is 0 Å². The first-order chi connectivity index (χ1) is 24.8. The van der Waals surface area contributed by atoms with Gasteiger partial charge in [-0.2, -0.15) is 0 Å². The molecule has 3 heterocycles. The van der Waals surface area contributed by atoms with Gasteiger partial charge in [0.05, 0.1) is 0 Å². The molecule has 3 aliphatic rings. The van der Waals surface area contributed by atoms with Crippen LogP contribution in [0.2, 0.25) is 0 Å². The van der Waals surface area contributed by atoms with Crippen LogP contribution in [0, 0.1) is 5.82 Å². The van der Waals surface area contributed by atoms with Crippen LogP contribution in [0.5, 0.6) is 0 Å². The van der Waals surface area contributed by atoms with Gasteiger partial charge >= 0.3 is 5.97 Å². The Bertz CT molecular complexity index is 1540. The van der Waals surface area contributed by atoms with Gasteiger partial charge in [0.15, 0.2) is 0 Å². The van der Waals surface area contributed by atoms with E-state index in [1.54, 1.807) is 12.1 Å². The highest BCUT2D eigenvalue weighted by Gasteiger charge is 2.43. The Kier molecular flexibility index (Phi) is 14.3. The molecule has 1 aromatic rings. The van der Waals surface area contributed by atoms with E-state index in [-0.39, 0.29) is 31.5 Å². The Balaban J connectivity index is 1.64. The quantitative estimate of drug-likeness (QED) is 0.184. The molecule has 0 radical (unpaired) electrons. The van der Waals surface area contributed by atoms with Gasteiger partial charge in [0, 0.05) is 26.6 Å². The van der Waals surface area contributed by atoms with Crippen molar-refractivity contribution in [1.82, 2.24) is 30.7 Å². The van der Waals surface area contributed by atoms with E-state index in [1.807, 2.05) is 0 Å². The Labute approximate surface area is 303 Å². The van der Waals surface area contributed by atoms with Crippen LogP contribution in [0.3, 0.4) is 0 Å². The fourth-order valence-corrected chi connectivity index (χ4v) is 6.73. The molecule has 3 saturated heterocycles. The Morgan fingerprint density at radius 1 is 0.981 bits per heavy atom. The van der Waals surface area contributed by atoms with Crippen LogP contribution < -0.4 is 16.0 Å². The fraction of sp³-hybridized carbons (Fsp3) is 0.595. The van der Waals surface area contributed by atoms with Gasteiger partial charge in [0.2, 0.25) is 35.4 Å². The number of likely N-dealkylation sites (N-methyl/N-ethyl adjacent to an activating group) is 1. The van der Waals surface area contributed by atoms with E-state index < -0.39 is 90.1 Å². The number of esters is 1. The van der Waals surface area contributed by atoms with E-state index in [2.05, 4.69) is 22.9 Å². The number of fused-ring (bicyclic) bond motifs is 2. The normalized spacial score (nSPS) is 25.4. The van der Waals surface area contributed by atoms with E-state index in [1.165, 1.54) is 59.9 Å². The van der Waals surface area contributed by atoms with Crippen molar-refractivity contribution in [2.75, 3.05) is 26.7 Å². The zero-order valence-corrected chi connectivity index (χ0v) is 30.4. The number of ether oxygens (including phenoxy) is 1. The number of amides is 6. The van der Waals surface area contributed by atoms with Crippen LogP contribution in [-0.2, 0) is 44.7 Å². The van der Waals surface area contributed by atoms with Crippen molar-refractivity contribution in [3.8, 4) is 0 Å². The summed E-state index contributed by atoms with van der Waals surface area (Å²) in [5.41, 5.74) is 0.150. The highest BCUT2D eigenvalue weighted by atomic mass is 19.1.